The lowest BCUT2D eigenvalue weighted by molar-refractivity contribution is -0.147. The fourth-order valence-corrected chi connectivity index (χ4v) is 2.52. The van der Waals surface area contributed by atoms with Crippen LogP contribution in [0.1, 0.15) is 43.3 Å². The summed E-state index contributed by atoms with van der Waals surface area (Å²) in [6, 6.07) is 0. The highest BCUT2D eigenvalue weighted by molar-refractivity contribution is 5.72. The van der Waals surface area contributed by atoms with Crippen LogP contribution < -0.4 is 0 Å². The molecule has 1 aliphatic heterocycles. The Morgan fingerprint density at radius 2 is 2.11 bits per heavy atom. The van der Waals surface area contributed by atoms with Gasteiger partial charge in [-0.05, 0) is 38.8 Å². The molecule has 0 N–H and O–H groups in total. The minimum absolute atomic E-state index is 0.0472. The lowest BCUT2D eigenvalue weighted by atomic mass is 9.97. The average Bonchev–Trinajstić information content (AvgIpc) is 3.20. The Labute approximate surface area is 112 Å². The molecule has 19 heavy (non-hydrogen) atoms. The minimum atomic E-state index is -0.0894. The molecule has 0 radical (unpaired) electrons. The molecule has 1 saturated heterocycles. The molecule has 0 unspecified atom stereocenters. The molecule has 3 rings (SSSR count). The lowest BCUT2D eigenvalue weighted by Crippen LogP contribution is -2.36. The largest absolute Gasteiger partial charge is 0.469 e. The number of esters is 1. The van der Waals surface area contributed by atoms with Crippen LogP contribution in [0.2, 0.25) is 0 Å². The zero-order chi connectivity index (χ0) is 13.2. The van der Waals surface area contributed by atoms with E-state index in [0.29, 0.717) is 18.4 Å². The van der Waals surface area contributed by atoms with Crippen molar-refractivity contribution < 1.29 is 14.1 Å². The number of hydrogen-bond donors (Lipinski definition) is 0. The number of aromatic nitrogens is 2. The average molecular weight is 265 g/mol. The highest BCUT2D eigenvalue weighted by Gasteiger charge is 2.30. The van der Waals surface area contributed by atoms with E-state index in [0.717, 1.165) is 31.8 Å². The van der Waals surface area contributed by atoms with Crippen molar-refractivity contribution in [1.82, 2.24) is 15.0 Å². The van der Waals surface area contributed by atoms with Crippen LogP contribution in [0.4, 0.5) is 0 Å². The molecule has 0 amide bonds. The van der Waals surface area contributed by atoms with E-state index in [2.05, 4.69) is 15.0 Å². The van der Waals surface area contributed by atoms with Gasteiger partial charge in [-0.3, -0.25) is 9.69 Å². The Morgan fingerprint density at radius 3 is 2.74 bits per heavy atom. The van der Waals surface area contributed by atoms with Crippen molar-refractivity contribution in [3.63, 3.8) is 0 Å². The summed E-state index contributed by atoms with van der Waals surface area (Å²) >= 11 is 0. The SMILES string of the molecule is COC(=O)C1CCN(Cc2nc(C3CC3)no2)CC1. The summed E-state index contributed by atoms with van der Waals surface area (Å²) in [6.45, 7) is 2.44. The Kier molecular flexibility index (Phi) is 3.50. The third kappa shape index (κ3) is 2.94. The van der Waals surface area contributed by atoms with Crippen LogP contribution in [0.15, 0.2) is 4.52 Å². The van der Waals surface area contributed by atoms with E-state index in [1.54, 1.807) is 0 Å². The molecule has 2 aliphatic rings. The first-order valence-corrected chi connectivity index (χ1v) is 6.89. The normalized spacial score (nSPS) is 21.5. The summed E-state index contributed by atoms with van der Waals surface area (Å²) < 4.78 is 10.1. The van der Waals surface area contributed by atoms with Gasteiger partial charge in [0.05, 0.1) is 19.6 Å². The van der Waals surface area contributed by atoms with Crippen LogP contribution in [-0.2, 0) is 16.1 Å². The van der Waals surface area contributed by atoms with Gasteiger partial charge in [0.2, 0.25) is 5.89 Å². The first-order chi connectivity index (χ1) is 9.26. The van der Waals surface area contributed by atoms with E-state index in [9.17, 15) is 4.79 Å². The molecule has 1 saturated carbocycles. The van der Waals surface area contributed by atoms with E-state index in [1.807, 2.05) is 0 Å². The Bertz CT molecular complexity index is 448. The molecule has 104 valence electrons. The first kappa shape index (κ1) is 12.6. The number of methoxy groups -OCH3 is 1. The van der Waals surface area contributed by atoms with Gasteiger partial charge in [-0.2, -0.15) is 4.98 Å². The van der Waals surface area contributed by atoms with E-state index in [1.165, 1.54) is 20.0 Å². The number of carbonyl (C=O) groups excluding carboxylic acids is 1. The zero-order valence-corrected chi connectivity index (χ0v) is 11.2. The lowest BCUT2D eigenvalue weighted by Gasteiger charge is -2.29. The second-order valence-corrected chi connectivity index (χ2v) is 5.39. The number of nitrogens with zero attached hydrogens (tertiary/aromatic N) is 3. The summed E-state index contributed by atoms with van der Waals surface area (Å²) in [7, 11) is 1.45. The van der Waals surface area contributed by atoms with Crippen LogP contribution in [0.25, 0.3) is 0 Å². The second-order valence-electron chi connectivity index (χ2n) is 5.39. The van der Waals surface area contributed by atoms with Gasteiger partial charge in [0, 0.05) is 5.92 Å². The zero-order valence-electron chi connectivity index (χ0n) is 11.2. The third-order valence-electron chi connectivity index (χ3n) is 3.91. The van der Waals surface area contributed by atoms with Gasteiger partial charge < -0.3 is 9.26 Å². The third-order valence-corrected chi connectivity index (χ3v) is 3.91. The molecule has 0 atom stereocenters. The van der Waals surface area contributed by atoms with Crippen LogP contribution in [0.5, 0.6) is 0 Å². The highest BCUT2D eigenvalue weighted by atomic mass is 16.5. The second kappa shape index (κ2) is 5.28. The maximum Gasteiger partial charge on any atom is 0.308 e. The fraction of sp³-hybridized carbons (Fsp3) is 0.769. The maximum atomic E-state index is 11.4. The molecule has 0 bridgehead atoms. The minimum Gasteiger partial charge on any atom is -0.469 e. The molecule has 1 aromatic rings. The van der Waals surface area contributed by atoms with Crippen LogP contribution in [0.3, 0.4) is 0 Å². The fourth-order valence-electron chi connectivity index (χ4n) is 2.52. The summed E-state index contributed by atoms with van der Waals surface area (Å²) in [5, 5.41) is 4.01. The van der Waals surface area contributed by atoms with Gasteiger partial charge in [-0.15, -0.1) is 0 Å². The first-order valence-electron chi connectivity index (χ1n) is 6.89. The monoisotopic (exact) mass is 265 g/mol. The van der Waals surface area contributed by atoms with Crippen molar-refractivity contribution in [2.45, 2.75) is 38.1 Å². The molecule has 2 fully saturated rings. The summed E-state index contributed by atoms with van der Waals surface area (Å²) in [4.78, 5) is 18.1. The standard InChI is InChI=1S/C13H19N3O3/c1-18-13(17)10-4-6-16(7-5-10)8-11-14-12(15-19-11)9-2-3-9/h9-10H,2-8H2,1H3. The van der Waals surface area contributed by atoms with Crippen molar-refractivity contribution in [1.29, 1.82) is 0 Å². The molecule has 1 aliphatic carbocycles. The van der Waals surface area contributed by atoms with E-state index in [-0.39, 0.29) is 11.9 Å². The number of rotatable bonds is 4. The summed E-state index contributed by atoms with van der Waals surface area (Å²) in [6.07, 6.45) is 4.06. The van der Waals surface area contributed by atoms with Gasteiger partial charge >= 0.3 is 5.97 Å². The Balaban J connectivity index is 1.49. The van der Waals surface area contributed by atoms with Crippen molar-refractivity contribution in [3.05, 3.63) is 11.7 Å². The molecule has 6 nitrogen and oxygen atoms in total. The Morgan fingerprint density at radius 1 is 1.37 bits per heavy atom. The summed E-state index contributed by atoms with van der Waals surface area (Å²) in [5.41, 5.74) is 0. The number of hydrogen-bond acceptors (Lipinski definition) is 6. The summed E-state index contributed by atoms with van der Waals surface area (Å²) in [5.74, 6) is 2.04. The van der Waals surface area contributed by atoms with Gasteiger partial charge in [-0.25, -0.2) is 0 Å². The molecule has 0 aromatic carbocycles. The van der Waals surface area contributed by atoms with Crippen LogP contribution in [-0.4, -0.2) is 41.2 Å². The van der Waals surface area contributed by atoms with Crippen LogP contribution >= 0.6 is 0 Å². The smallest absolute Gasteiger partial charge is 0.308 e. The molecule has 2 heterocycles. The number of ether oxygens (including phenoxy) is 1. The molecular formula is C13H19N3O3. The number of piperidine rings is 1. The van der Waals surface area contributed by atoms with E-state index >= 15 is 0 Å². The highest BCUT2D eigenvalue weighted by Crippen LogP contribution is 2.38. The molecule has 1 aromatic heterocycles. The topological polar surface area (TPSA) is 68.5 Å². The van der Waals surface area contributed by atoms with Gasteiger partial charge in [0.15, 0.2) is 5.82 Å². The van der Waals surface area contributed by atoms with Gasteiger partial charge in [0.25, 0.3) is 0 Å². The predicted molar refractivity (Wildman–Crippen MR) is 66.3 cm³/mol. The number of carbonyl (C=O) groups is 1. The van der Waals surface area contributed by atoms with Crippen molar-refractivity contribution >= 4 is 5.97 Å². The van der Waals surface area contributed by atoms with E-state index in [4.69, 9.17) is 9.26 Å². The number of likely N-dealkylation sites (tertiary alicyclic amines) is 1. The maximum absolute atomic E-state index is 11.4. The molecule has 6 heteroatoms. The van der Waals surface area contributed by atoms with E-state index < -0.39 is 0 Å². The predicted octanol–water partition coefficient (Wildman–Crippen LogP) is 1.33. The van der Waals surface area contributed by atoms with Gasteiger partial charge in [0.1, 0.15) is 0 Å². The Hall–Kier alpha value is -1.43. The quantitative estimate of drug-likeness (QED) is 0.765. The van der Waals surface area contributed by atoms with Crippen molar-refractivity contribution in [2.24, 2.45) is 5.92 Å². The van der Waals surface area contributed by atoms with Crippen LogP contribution in [0, 0.1) is 5.92 Å². The molecule has 0 spiro atoms. The van der Waals surface area contributed by atoms with Crippen molar-refractivity contribution in [2.75, 3.05) is 20.2 Å². The van der Waals surface area contributed by atoms with Gasteiger partial charge in [-0.1, -0.05) is 5.16 Å². The van der Waals surface area contributed by atoms with Crippen molar-refractivity contribution in [3.8, 4) is 0 Å². The molecular weight excluding hydrogens is 246 g/mol.